The minimum Gasteiger partial charge on any atom is -0.377 e. The first-order chi connectivity index (χ1) is 9.74. The number of nitrogens with one attached hydrogen (secondary N) is 1. The van der Waals surface area contributed by atoms with E-state index in [0.29, 0.717) is 18.2 Å². The van der Waals surface area contributed by atoms with Gasteiger partial charge in [-0.15, -0.1) is 0 Å². The molecule has 1 aliphatic heterocycles. The zero-order chi connectivity index (χ0) is 14.4. The molecule has 0 spiro atoms. The molecule has 1 fully saturated rings. The van der Waals surface area contributed by atoms with Crippen molar-refractivity contribution in [3.05, 3.63) is 35.9 Å². The molecule has 2 rings (SSSR count). The number of hydrogen-bond acceptors (Lipinski definition) is 3. The summed E-state index contributed by atoms with van der Waals surface area (Å²) in [4.78, 5) is 2.48. The fourth-order valence-electron chi connectivity index (χ4n) is 2.89. The molecule has 0 saturated carbocycles. The average Bonchev–Trinajstić information content (AvgIpc) is 2.89. The Hall–Kier alpha value is -0.900. The monoisotopic (exact) mass is 276 g/mol. The Bertz CT molecular complexity index is 378. The van der Waals surface area contributed by atoms with E-state index in [9.17, 15) is 0 Å². The van der Waals surface area contributed by atoms with Gasteiger partial charge in [-0.25, -0.2) is 0 Å². The molecule has 1 aliphatic rings. The Labute approximate surface area is 123 Å². The summed E-state index contributed by atoms with van der Waals surface area (Å²) in [6.07, 6.45) is 1.43. The predicted octanol–water partition coefficient (Wildman–Crippen LogP) is 2.84. The molecule has 3 atom stereocenters. The third-order valence-electron chi connectivity index (χ3n) is 4.33. The van der Waals surface area contributed by atoms with Crippen molar-refractivity contribution in [1.29, 1.82) is 0 Å². The van der Waals surface area contributed by atoms with Gasteiger partial charge < -0.3 is 15.0 Å². The standard InChI is InChI=1S/C17H28N2O/c1-4-19(5-2)13-17(15-9-7-6-8-10-15)18-16-11-12-20-14(16)3/h6-10,14,16-18H,4-5,11-13H2,1-3H3/t14-,16-,17-/m0/s1. The van der Waals surface area contributed by atoms with E-state index in [-0.39, 0.29) is 0 Å². The number of ether oxygens (including phenoxy) is 1. The molecular weight excluding hydrogens is 248 g/mol. The molecule has 0 aliphatic carbocycles. The first-order valence-electron chi connectivity index (χ1n) is 7.89. The lowest BCUT2D eigenvalue weighted by atomic mass is 10.0. The second-order valence-electron chi connectivity index (χ2n) is 5.59. The Morgan fingerprint density at radius 1 is 1.25 bits per heavy atom. The van der Waals surface area contributed by atoms with Gasteiger partial charge in [0.05, 0.1) is 6.10 Å². The molecule has 1 heterocycles. The molecule has 0 unspecified atom stereocenters. The maximum absolute atomic E-state index is 5.68. The highest BCUT2D eigenvalue weighted by Crippen LogP contribution is 2.20. The summed E-state index contributed by atoms with van der Waals surface area (Å²) in [5.41, 5.74) is 1.37. The number of hydrogen-bond donors (Lipinski definition) is 1. The van der Waals surface area contributed by atoms with Crippen LogP contribution in [0.4, 0.5) is 0 Å². The molecule has 0 radical (unpaired) electrons. The summed E-state index contributed by atoms with van der Waals surface area (Å²) in [6.45, 7) is 10.8. The molecule has 0 aromatic heterocycles. The fourth-order valence-corrected chi connectivity index (χ4v) is 2.89. The second-order valence-corrected chi connectivity index (χ2v) is 5.59. The molecule has 1 N–H and O–H groups in total. The van der Waals surface area contributed by atoms with E-state index in [0.717, 1.165) is 32.7 Å². The van der Waals surface area contributed by atoms with E-state index < -0.39 is 0 Å². The summed E-state index contributed by atoms with van der Waals surface area (Å²) in [5.74, 6) is 0. The second kappa shape index (κ2) is 7.77. The average molecular weight is 276 g/mol. The summed E-state index contributed by atoms with van der Waals surface area (Å²) in [7, 11) is 0. The van der Waals surface area contributed by atoms with Gasteiger partial charge in [0.25, 0.3) is 0 Å². The summed E-state index contributed by atoms with van der Waals surface area (Å²) in [6, 6.07) is 11.6. The Kier molecular flexibility index (Phi) is 6.02. The normalized spacial score (nSPS) is 24.2. The highest BCUT2D eigenvalue weighted by atomic mass is 16.5. The summed E-state index contributed by atoms with van der Waals surface area (Å²) >= 11 is 0. The van der Waals surface area contributed by atoms with Crippen LogP contribution in [0.1, 0.15) is 38.8 Å². The van der Waals surface area contributed by atoms with Gasteiger partial charge in [0.15, 0.2) is 0 Å². The van der Waals surface area contributed by atoms with Gasteiger partial charge >= 0.3 is 0 Å². The van der Waals surface area contributed by atoms with E-state index in [4.69, 9.17) is 4.74 Å². The number of likely N-dealkylation sites (N-methyl/N-ethyl adjacent to an activating group) is 1. The van der Waals surface area contributed by atoms with Crippen LogP contribution >= 0.6 is 0 Å². The minimum atomic E-state index is 0.318. The third kappa shape index (κ3) is 4.05. The van der Waals surface area contributed by atoms with Gasteiger partial charge in [0.2, 0.25) is 0 Å². The Balaban J connectivity index is 2.07. The van der Waals surface area contributed by atoms with Crippen LogP contribution in [0.25, 0.3) is 0 Å². The lowest BCUT2D eigenvalue weighted by molar-refractivity contribution is 0.109. The molecule has 3 heteroatoms. The number of nitrogens with zero attached hydrogens (tertiary/aromatic N) is 1. The molecule has 1 aromatic carbocycles. The zero-order valence-corrected chi connectivity index (χ0v) is 13.0. The third-order valence-corrected chi connectivity index (χ3v) is 4.33. The van der Waals surface area contributed by atoms with Crippen LogP contribution in [0, 0.1) is 0 Å². The van der Waals surface area contributed by atoms with Crippen LogP contribution in [0.5, 0.6) is 0 Å². The maximum Gasteiger partial charge on any atom is 0.0700 e. The quantitative estimate of drug-likeness (QED) is 0.829. The molecule has 1 saturated heterocycles. The van der Waals surface area contributed by atoms with Gasteiger partial charge in [-0.2, -0.15) is 0 Å². The zero-order valence-electron chi connectivity index (χ0n) is 13.0. The summed E-state index contributed by atoms with van der Waals surface area (Å²) < 4.78 is 5.68. The fraction of sp³-hybridized carbons (Fsp3) is 0.647. The van der Waals surface area contributed by atoms with E-state index in [1.165, 1.54) is 5.56 Å². The van der Waals surface area contributed by atoms with Crippen LogP contribution < -0.4 is 5.32 Å². The van der Waals surface area contributed by atoms with Gasteiger partial charge in [0, 0.05) is 25.2 Å². The van der Waals surface area contributed by atoms with Crippen LogP contribution in [0.15, 0.2) is 30.3 Å². The molecule has 0 amide bonds. The van der Waals surface area contributed by atoms with E-state index in [2.05, 4.69) is 61.3 Å². The molecular formula is C17H28N2O. The molecule has 3 nitrogen and oxygen atoms in total. The first kappa shape index (κ1) is 15.5. The highest BCUT2D eigenvalue weighted by Gasteiger charge is 2.27. The molecule has 20 heavy (non-hydrogen) atoms. The van der Waals surface area contributed by atoms with Gasteiger partial charge in [0.1, 0.15) is 0 Å². The van der Waals surface area contributed by atoms with Gasteiger partial charge in [-0.3, -0.25) is 0 Å². The van der Waals surface area contributed by atoms with Crippen molar-refractivity contribution >= 4 is 0 Å². The van der Waals surface area contributed by atoms with Crippen molar-refractivity contribution in [2.45, 2.75) is 45.4 Å². The van der Waals surface area contributed by atoms with Crippen molar-refractivity contribution in [2.75, 3.05) is 26.2 Å². The van der Waals surface area contributed by atoms with Crippen molar-refractivity contribution in [3.8, 4) is 0 Å². The number of benzene rings is 1. The van der Waals surface area contributed by atoms with E-state index in [1.807, 2.05) is 0 Å². The molecule has 0 bridgehead atoms. The smallest absolute Gasteiger partial charge is 0.0700 e. The lowest BCUT2D eigenvalue weighted by Gasteiger charge is -2.30. The Morgan fingerprint density at radius 2 is 1.95 bits per heavy atom. The van der Waals surface area contributed by atoms with E-state index in [1.54, 1.807) is 0 Å². The van der Waals surface area contributed by atoms with Crippen LogP contribution in [0.2, 0.25) is 0 Å². The van der Waals surface area contributed by atoms with Gasteiger partial charge in [-0.1, -0.05) is 44.2 Å². The van der Waals surface area contributed by atoms with Crippen molar-refractivity contribution in [3.63, 3.8) is 0 Å². The minimum absolute atomic E-state index is 0.318. The van der Waals surface area contributed by atoms with Crippen molar-refractivity contribution in [2.24, 2.45) is 0 Å². The highest BCUT2D eigenvalue weighted by molar-refractivity contribution is 5.19. The Morgan fingerprint density at radius 3 is 2.50 bits per heavy atom. The van der Waals surface area contributed by atoms with Crippen molar-refractivity contribution < 1.29 is 4.74 Å². The first-order valence-corrected chi connectivity index (χ1v) is 7.89. The maximum atomic E-state index is 5.68. The van der Waals surface area contributed by atoms with Gasteiger partial charge in [-0.05, 0) is 32.0 Å². The number of rotatable bonds is 7. The van der Waals surface area contributed by atoms with Crippen LogP contribution in [-0.4, -0.2) is 43.3 Å². The van der Waals surface area contributed by atoms with Crippen LogP contribution in [-0.2, 0) is 4.74 Å². The topological polar surface area (TPSA) is 24.5 Å². The molecule has 1 aromatic rings. The molecule has 112 valence electrons. The predicted molar refractivity (Wildman–Crippen MR) is 83.9 cm³/mol. The summed E-state index contributed by atoms with van der Waals surface area (Å²) in [5, 5.41) is 3.81. The van der Waals surface area contributed by atoms with Crippen LogP contribution in [0.3, 0.4) is 0 Å². The van der Waals surface area contributed by atoms with Crippen molar-refractivity contribution in [1.82, 2.24) is 10.2 Å². The lowest BCUT2D eigenvalue weighted by Crippen LogP contribution is -2.42. The SMILES string of the molecule is CCN(CC)C[C@H](N[C@H]1CCO[C@H]1C)c1ccccc1. The van der Waals surface area contributed by atoms with E-state index >= 15 is 0 Å². The largest absolute Gasteiger partial charge is 0.377 e.